The standard InChI is InChI=1S/C12H12N4O3S/c1-7-5-20-12(17)16(7)4-3-9-14-11(15-19-9)10-8(2)13-6-18-10/h5-6H,3-4H2,1-2H3. The average molecular weight is 292 g/mol. The van der Waals surface area contributed by atoms with E-state index in [1.54, 1.807) is 4.57 Å². The molecule has 3 rings (SSSR count). The SMILES string of the molecule is Cc1ncoc1-c1noc(CCn2c(C)csc2=O)n1. The van der Waals surface area contributed by atoms with Crippen molar-refractivity contribution in [3.63, 3.8) is 0 Å². The van der Waals surface area contributed by atoms with Gasteiger partial charge in [0.25, 0.3) is 0 Å². The molecule has 104 valence electrons. The van der Waals surface area contributed by atoms with E-state index in [1.807, 2.05) is 19.2 Å². The van der Waals surface area contributed by atoms with Crippen LogP contribution in [0.25, 0.3) is 11.6 Å². The Balaban J connectivity index is 1.75. The van der Waals surface area contributed by atoms with Crippen molar-refractivity contribution in [1.29, 1.82) is 0 Å². The molecule has 3 aromatic rings. The van der Waals surface area contributed by atoms with Gasteiger partial charge in [0.1, 0.15) is 0 Å². The van der Waals surface area contributed by atoms with Gasteiger partial charge in [-0.25, -0.2) is 4.98 Å². The van der Waals surface area contributed by atoms with Gasteiger partial charge in [0.15, 0.2) is 12.2 Å². The number of rotatable bonds is 4. The average Bonchev–Trinajstić information content (AvgIpc) is 3.10. The van der Waals surface area contributed by atoms with E-state index in [2.05, 4.69) is 15.1 Å². The molecular weight excluding hydrogens is 280 g/mol. The van der Waals surface area contributed by atoms with E-state index in [9.17, 15) is 4.79 Å². The zero-order valence-corrected chi connectivity index (χ0v) is 11.8. The van der Waals surface area contributed by atoms with E-state index in [-0.39, 0.29) is 4.87 Å². The van der Waals surface area contributed by atoms with Gasteiger partial charge in [0.05, 0.1) is 5.69 Å². The first-order valence-corrected chi connectivity index (χ1v) is 6.91. The minimum Gasteiger partial charge on any atom is -0.440 e. The second-order valence-corrected chi connectivity index (χ2v) is 5.14. The largest absolute Gasteiger partial charge is 0.440 e. The first kappa shape index (κ1) is 12.8. The van der Waals surface area contributed by atoms with E-state index in [0.29, 0.717) is 36.1 Å². The summed E-state index contributed by atoms with van der Waals surface area (Å²) >= 11 is 1.19. The van der Waals surface area contributed by atoms with Gasteiger partial charge in [-0.1, -0.05) is 16.5 Å². The van der Waals surface area contributed by atoms with Gasteiger partial charge in [-0.3, -0.25) is 4.79 Å². The first-order valence-electron chi connectivity index (χ1n) is 6.03. The first-order chi connectivity index (χ1) is 9.65. The predicted molar refractivity (Wildman–Crippen MR) is 71.6 cm³/mol. The number of thiazole rings is 1. The zero-order chi connectivity index (χ0) is 14.1. The minimum absolute atomic E-state index is 0.0216. The van der Waals surface area contributed by atoms with Crippen molar-refractivity contribution < 1.29 is 8.94 Å². The van der Waals surface area contributed by atoms with Crippen molar-refractivity contribution in [2.45, 2.75) is 26.8 Å². The van der Waals surface area contributed by atoms with Crippen molar-refractivity contribution in [2.24, 2.45) is 0 Å². The van der Waals surface area contributed by atoms with Crippen LogP contribution in [0.5, 0.6) is 0 Å². The summed E-state index contributed by atoms with van der Waals surface area (Å²) in [4.78, 5) is 19.8. The maximum atomic E-state index is 11.6. The second kappa shape index (κ2) is 5.04. The van der Waals surface area contributed by atoms with Crippen LogP contribution in [-0.4, -0.2) is 19.7 Å². The van der Waals surface area contributed by atoms with E-state index in [4.69, 9.17) is 8.94 Å². The number of aryl methyl sites for hydroxylation is 3. The van der Waals surface area contributed by atoms with E-state index in [1.165, 1.54) is 17.7 Å². The molecule has 0 aromatic carbocycles. The van der Waals surface area contributed by atoms with Crippen molar-refractivity contribution >= 4 is 11.3 Å². The molecule has 3 aromatic heterocycles. The highest BCUT2D eigenvalue weighted by atomic mass is 32.1. The summed E-state index contributed by atoms with van der Waals surface area (Å²) in [6.07, 6.45) is 1.84. The quantitative estimate of drug-likeness (QED) is 0.728. The molecule has 0 unspecified atom stereocenters. The maximum Gasteiger partial charge on any atom is 0.307 e. The molecule has 0 saturated carbocycles. The third-order valence-corrected chi connectivity index (χ3v) is 3.82. The van der Waals surface area contributed by atoms with Crippen LogP contribution in [0.2, 0.25) is 0 Å². The lowest BCUT2D eigenvalue weighted by Gasteiger charge is -2.00. The fourth-order valence-corrected chi connectivity index (χ4v) is 2.61. The smallest absolute Gasteiger partial charge is 0.307 e. The Bertz CT molecular complexity index is 783. The van der Waals surface area contributed by atoms with Gasteiger partial charge < -0.3 is 13.5 Å². The van der Waals surface area contributed by atoms with E-state index in [0.717, 1.165) is 5.69 Å². The van der Waals surface area contributed by atoms with Crippen LogP contribution in [0.3, 0.4) is 0 Å². The normalized spacial score (nSPS) is 11.1. The summed E-state index contributed by atoms with van der Waals surface area (Å²) in [6, 6.07) is 0. The van der Waals surface area contributed by atoms with Gasteiger partial charge in [-0.05, 0) is 13.8 Å². The third-order valence-electron chi connectivity index (χ3n) is 2.94. The molecule has 0 aliphatic rings. The van der Waals surface area contributed by atoms with Crippen LogP contribution >= 0.6 is 11.3 Å². The highest BCUT2D eigenvalue weighted by Gasteiger charge is 2.15. The zero-order valence-electron chi connectivity index (χ0n) is 11.0. The number of aromatic nitrogens is 4. The molecular formula is C12H12N4O3S. The summed E-state index contributed by atoms with van der Waals surface area (Å²) in [5, 5.41) is 5.69. The van der Waals surface area contributed by atoms with Crippen molar-refractivity contribution in [3.05, 3.63) is 38.7 Å². The number of hydrogen-bond donors (Lipinski definition) is 0. The monoisotopic (exact) mass is 292 g/mol. The van der Waals surface area contributed by atoms with Crippen LogP contribution < -0.4 is 4.87 Å². The Labute approximate surface area is 117 Å². The van der Waals surface area contributed by atoms with Crippen LogP contribution in [0, 0.1) is 13.8 Å². The van der Waals surface area contributed by atoms with Gasteiger partial charge >= 0.3 is 4.87 Å². The van der Waals surface area contributed by atoms with Crippen molar-refractivity contribution in [3.8, 4) is 11.6 Å². The molecule has 0 atom stereocenters. The fourth-order valence-electron chi connectivity index (χ4n) is 1.85. The van der Waals surface area contributed by atoms with Crippen molar-refractivity contribution in [1.82, 2.24) is 19.7 Å². The number of nitrogens with zero attached hydrogens (tertiary/aromatic N) is 4. The lowest BCUT2D eigenvalue weighted by atomic mass is 10.3. The molecule has 0 N–H and O–H groups in total. The Morgan fingerprint density at radius 3 is 2.90 bits per heavy atom. The Kier molecular flexibility index (Phi) is 3.23. The maximum absolute atomic E-state index is 11.6. The summed E-state index contributed by atoms with van der Waals surface area (Å²) < 4.78 is 12.1. The minimum atomic E-state index is 0.0216. The molecule has 0 fully saturated rings. The summed E-state index contributed by atoms with van der Waals surface area (Å²) in [6.45, 7) is 4.23. The molecule has 0 spiro atoms. The fraction of sp³-hybridized carbons (Fsp3) is 0.333. The number of hydrogen-bond acceptors (Lipinski definition) is 7. The molecule has 0 bridgehead atoms. The molecule has 20 heavy (non-hydrogen) atoms. The Morgan fingerprint density at radius 1 is 1.40 bits per heavy atom. The molecule has 0 saturated heterocycles. The molecule has 0 amide bonds. The highest BCUT2D eigenvalue weighted by Crippen LogP contribution is 2.19. The summed E-state index contributed by atoms with van der Waals surface area (Å²) in [5.41, 5.74) is 1.65. The third kappa shape index (κ3) is 2.29. The predicted octanol–water partition coefficient (Wildman–Crippen LogP) is 1.81. The topological polar surface area (TPSA) is 87.0 Å². The lowest BCUT2D eigenvalue weighted by molar-refractivity contribution is 0.370. The van der Waals surface area contributed by atoms with Crippen molar-refractivity contribution in [2.75, 3.05) is 0 Å². The van der Waals surface area contributed by atoms with Crippen LogP contribution in [0.15, 0.2) is 25.5 Å². The lowest BCUT2D eigenvalue weighted by Crippen LogP contribution is -2.16. The van der Waals surface area contributed by atoms with Crippen LogP contribution in [-0.2, 0) is 13.0 Å². The van der Waals surface area contributed by atoms with Gasteiger partial charge in [0, 0.05) is 24.0 Å². The Morgan fingerprint density at radius 2 is 2.25 bits per heavy atom. The summed E-state index contributed by atoms with van der Waals surface area (Å²) in [7, 11) is 0. The van der Waals surface area contributed by atoms with E-state index < -0.39 is 0 Å². The van der Waals surface area contributed by atoms with E-state index >= 15 is 0 Å². The van der Waals surface area contributed by atoms with Gasteiger partial charge in [-0.15, -0.1) is 0 Å². The van der Waals surface area contributed by atoms with Crippen LogP contribution in [0.4, 0.5) is 0 Å². The molecule has 3 heterocycles. The Hall–Kier alpha value is -2.22. The molecule has 0 radical (unpaired) electrons. The van der Waals surface area contributed by atoms with Crippen LogP contribution in [0.1, 0.15) is 17.3 Å². The van der Waals surface area contributed by atoms with Gasteiger partial charge in [-0.2, -0.15) is 4.98 Å². The molecule has 0 aliphatic heterocycles. The molecule has 8 heteroatoms. The number of oxazole rings is 1. The van der Waals surface area contributed by atoms with Gasteiger partial charge in [0.2, 0.25) is 11.7 Å². The molecule has 7 nitrogen and oxygen atoms in total. The second-order valence-electron chi connectivity index (χ2n) is 4.32. The molecule has 0 aliphatic carbocycles. The highest BCUT2D eigenvalue weighted by molar-refractivity contribution is 7.07. The summed E-state index contributed by atoms with van der Waals surface area (Å²) in [5.74, 6) is 1.35.